The minimum absolute atomic E-state index is 0.308. The quantitative estimate of drug-likeness (QED) is 0.412. The molecule has 0 unspecified atom stereocenters. The molecule has 8 heteroatoms. The number of piperidine rings is 1. The summed E-state index contributed by atoms with van der Waals surface area (Å²) in [5, 5.41) is 22.0. The van der Waals surface area contributed by atoms with Gasteiger partial charge >= 0.3 is 0 Å². The van der Waals surface area contributed by atoms with Crippen LogP contribution in [0.25, 0.3) is 10.9 Å². The molecule has 0 bridgehead atoms. The van der Waals surface area contributed by atoms with Gasteiger partial charge in [-0.3, -0.25) is 4.68 Å². The molecule has 0 radical (unpaired) electrons. The molecule has 7 nitrogen and oxygen atoms in total. The van der Waals surface area contributed by atoms with Gasteiger partial charge in [-0.2, -0.15) is 10.4 Å². The molecule has 1 fully saturated rings. The van der Waals surface area contributed by atoms with Gasteiger partial charge in [0.05, 0.1) is 23.5 Å². The molecule has 0 atom stereocenters. The Morgan fingerprint density at radius 1 is 1.09 bits per heavy atom. The number of rotatable bonds is 7. The molecule has 5 rings (SSSR count). The van der Waals surface area contributed by atoms with Crippen LogP contribution in [0.2, 0.25) is 0 Å². The van der Waals surface area contributed by atoms with E-state index in [1.807, 2.05) is 41.1 Å². The molecule has 172 valence electrons. The van der Waals surface area contributed by atoms with Crippen molar-refractivity contribution in [3.63, 3.8) is 0 Å². The normalized spacial score (nSPS) is 15.1. The van der Waals surface area contributed by atoms with E-state index in [2.05, 4.69) is 21.7 Å². The molecule has 2 aromatic heterocycles. The summed E-state index contributed by atoms with van der Waals surface area (Å²) in [5.74, 6) is 0.712. The largest absolute Gasteiger partial charge is 0.472 e. The number of fused-ring (bicyclic) bond motifs is 1. The maximum atomic E-state index is 13.5. The summed E-state index contributed by atoms with van der Waals surface area (Å²) in [5.41, 5.74) is 2.14. The van der Waals surface area contributed by atoms with Crippen molar-refractivity contribution in [2.45, 2.75) is 31.4 Å². The van der Waals surface area contributed by atoms with Gasteiger partial charge in [0.25, 0.3) is 0 Å². The van der Waals surface area contributed by atoms with Gasteiger partial charge in [-0.1, -0.05) is 30.3 Å². The third-order valence-electron chi connectivity index (χ3n) is 6.28. The lowest BCUT2D eigenvalue weighted by molar-refractivity contribution is 0.197. The van der Waals surface area contributed by atoms with Gasteiger partial charge in [0.1, 0.15) is 17.8 Å². The van der Waals surface area contributed by atoms with Crippen LogP contribution >= 0.6 is 0 Å². The second-order valence-corrected chi connectivity index (χ2v) is 8.49. The number of halogens is 1. The zero-order valence-corrected chi connectivity index (χ0v) is 18.7. The van der Waals surface area contributed by atoms with E-state index < -0.39 is 5.54 Å². The van der Waals surface area contributed by atoms with Gasteiger partial charge in [0.2, 0.25) is 5.88 Å². The topological polar surface area (TPSA) is 87.8 Å². The van der Waals surface area contributed by atoms with E-state index in [1.165, 1.54) is 12.1 Å². The van der Waals surface area contributed by atoms with Gasteiger partial charge < -0.3 is 15.4 Å². The average molecular weight is 457 g/mol. The van der Waals surface area contributed by atoms with Crippen molar-refractivity contribution in [2.75, 3.05) is 18.4 Å². The van der Waals surface area contributed by atoms with E-state index in [0.29, 0.717) is 30.4 Å². The van der Waals surface area contributed by atoms with E-state index >= 15 is 0 Å². The van der Waals surface area contributed by atoms with Gasteiger partial charge in [-0.25, -0.2) is 9.37 Å². The molecule has 1 saturated heterocycles. The van der Waals surface area contributed by atoms with Crippen LogP contribution in [0.4, 0.5) is 15.9 Å². The highest BCUT2D eigenvalue weighted by molar-refractivity contribution is 5.96. The van der Waals surface area contributed by atoms with Crippen LogP contribution in [-0.2, 0) is 12.1 Å². The van der Waals surface area contributed by atoms with Crippen molar-refractivity contribution in [3.05, 3.63) is 78.2 Å². The Bertz CT molecular complexity index is 1310. The number of hydrogen-bond donors (Lipinski definition) is 2. The van der Waals surface area contributed by atoms with E-state index in [4.69, 9.17) is 9.84 Å². The zero-order chi connectivity index (χ0) is 23.4. The highest BCUT2D eigenvalue weighted by Gasteiger charge is 2.37. The SMILES string of the molecule is N#CCC1(n2nc(Nc3ccc(F)cc3)c3c(OCc4ccccc4)nccc32)CCNCC1. The third-order valence-corrected chi connectivity index (χ3v) is 6.28. The van der Waals surface area contributed by atoms with Crippen molar-refractivity contribution in [3.8, 4) is 11.9 Å². The van der Waals surface area contributed by atoms with E-state index in [0.717, 1.165) is 42.4 Å². The first-order valence-electron chi connectivity index (χ1n) is 11.3. The predicted octanol–water partition coefficient (Wildman–Crippen LogP) is 4.89. The van der Waals surface area contributed by atoms with E-state index in [9.17, 15) is 9.65 Å². The van der Waals surface area contributed by atoms with Gasteiger partial charge in [-0.15, -0.1) is 0 Å². The van der Waals surface area contributed by atoms with Crippen LogP contribution in [0.3, 0.4) is 0 Å². The molecular formula is C26H25FN6O. The highest BCUT2D eigenvalue weighted by atomic mass is 19.1. The van der Waals surface area contributed by atoms with Crippen molar-refractivity contribution in [1.82, 2.24) is 20.1 Å². The van der Waals surface area contributed by atoms with Crippen molar-refractivity contribution in [1.29, 1.82) is 5.26 Å². The molecule has 1 aliphatic heterocycles. The monoisotopic (exact) mass is 456 g/mol. The fourth-order valence-electron chi connectivity index (χ4n) is 4.49. The lowest BCUT2D eigenvalue weighted by Gasteiger charge is -2.36. The summed E-state index contributed by atoms with van der Waals surface area (Å²) in [6, 6.07) is 20.3. The Morgan fingerprint density at radius 3 is 2.59 bits per heavy atom. The first-order valence-corrected chi connectivity index (χ1v) is 11.3. The number of ether oxygens (including phenoxy) is 1. The summed E-state index contributed by atoms with van der Waals surface area (Å²) in [4.78, 5) is 4.51. The number of hydrogen-bond acceptors (Lipinski definition) is 6. The van der Waals surface area contributed by atoms with Crippen LogP contribution in [0.15, 0.2) is 66.9 Å². The second-order valence-electron chi connectivity index (χ2n) is 8.49. The minimum atomic E-state index is -0.432. The Kier molecular flexibility index (Phi) is 6.11. The van der Waals surface area contributed by atoms with Crippen LogP contribution in [0.5, 0.6) is 5.88 Å². The molecule has 0 spiro atoms. The Hall–Kier alpha value is -3.96. The summed E-state index contributed by atoms with van der Waals surface area (Å²) in [6.07, 6.45) is 3.64. The fraction of sp³-hybridized carbons (Fsp3) is 0.269. The van der Waals surface area contributed by atoms with Crippen molar-refractivity contribution >= 4 is 22.4 Å². The van der Waals surface area contributed by atoms with E-state index in [-0.39, 0.29) is 5.82 Å². The Balaban J connectivity index is 1.61. The molecule has 2 N–H and O–H groups in total. The molecule has 4 aromatic rings. The maximum Gasteiger partial charge on any atom is 0.227 e. The number of anilines is 2. The number of aromatic nitrogens is 3. The number of nitrogens with one attached hydrogen (secondary N) is 2. The molecule has 0 amide bonds. The smallest absolute Gasteiger partial charge is 0.227 e. The minimum Gasteiger partial charge on any atom is -0.472 e. The van der Waals surface area contributed by atoms with Gasteiger partial charge in [0.15, 0.2) is 5.82 Å². The van der Waals surface area contributed by atoms with Crippen LogP contribution in [0, 0.1) is 17.1 Å². The molecule has 0 aliphatic carbocycles. The molecule has 34 heavy (non-hydrogen) atoms. The van der Waals surface area contributed by atoms with E-state index in [1.54, 1.807) is 18.3 Å². The maximum absolute atomic E-state index is 13.5. The lowest BCUT2D eigenvalue weighted by Crippen LogP contribution is -2.44. The molecule has 2 aromatic carbocycles. The van der Waals surface area contributed by atoms with Crippen LogP contribution < -0.4 is 15.4 Å². The molecule has 3 heterocycles. The first kappa shape index (κ1) is 21.9. The first-order chi connectivity index (χ1) is 16.7. The summed E-state index contributed by atoms with van der Waals surface area (Å²) in [6.45, 7) is 1.99. The average Bonchev–Trinajstić information content (AvgIpc) is 3.25. The highest BCUT2D eigenvalue weighted by Crippen LogP contribution is 2.39. The van der Waals surface area contributed by atoms with Gasteiger partial charge in [-0.05, 0) is 61.8 Å². The third kappa shape index (κ3) is 4.30. The van der Waals surface area contributed by atoms with Gasteiger partial charge in [0, 0.05) is 11.9 Å². The Morgan fingerprint density at radius 2 is 1.85 bits per heavy atom. The number of pyridine rings is 1. The standard InChI is InChI=1S/C26H25FN6O/c27-20-6-8-21(9-7-20)31-24-23-22(33(32-24)26(11-14-28)12-16-29-17-13-26)10-15-30-25(23)34-18-19-4-2-1-3-5-19/h1-10,15,29H,11-13,16-18H2,(H,31,32). The molecular weight excluding hydrogens is 431 g/mol. The zero-order valence-electron chi connectivity index (χ0n) is 18.7. The molecule has 1 aliphatic rings. The van der Waals surface area contributed by atoms with Crippen molar-refractivity contribution in [2.24, 2.45) is 0 Å². The van der Waals surface area contributed by atoms with Crippen LogP contribution in [-0.4, -0.2) is 27.9 Å². The fourth-order valence-corrected chi connectivity index (χ4v) is 4.49. The second kappa shape index (κ2) is 9.49. The summed E-state index contributed by atoms with van der Waals surface area (Å²) < 4.78 is 21.6. The number of nitrogens with zero attached hydrogens (tertiary/aromatic N) is 4. The number of nitriles is 1. The summed E-state index contributed by atoms with van der Waals surface area (Å²) >= 11 is 0. The number of benzene rings is 2. The van der Waals surface area contributed by atoms with Crippen LogP contribution in [0.1, 0.15) is 24.8 Å². The molecule has 0 saturated carbocycles. The Labute approximate surface area is 197 Å². The summed E-state index contributed by atoms with van der Waals surface area (Å²) in [7, 11) is 0. The van der Waals surface area contributed by atoms with Crippen molar-refractivity contribution < 1.29 is 9.13 Å². The lowest BCUT2D eigenvalue weighted by atomic mass is 9.85. The predicted molar refractivity (Wildman–Crippen MR) is 128 cm³/mol.